The summed E-state index contributed by atoms with van der Waals surface area (Å²) in [5.74, 6) is -0.464. The van der Waals surface area contributed by atoms with Gasteiger partial charge in [-0.05, 0) is 0 Å². The van der Waals surface area contributed by atoms with E-state index in [4.69, 9.17) is 10.5 Å². The van der Waals surface area contributed by atoms with Crippen molar-refractivity contribution in [2.75, 3.05) is 11.9 Å². The average Bonchev–Trinajstić information content (AvgIpc) is 3.10. The number of nitrogens with zero attached hydrogens (tertiary/aromatic N) is 3. The molecule has 1 aliphatic rings. The number of ether oxygens (including phenoxy) is 1. The highest BCUT2D eigenvalue weighted by Crippen LogP contribution is 2.29. The largest absolute Gasteiger partial charge is 0.394 e. The number of anilines is 1. The molecule has 10 heteroatoms. The van der Waals surface area contributed by atoms with Crippen LogP contribution in [0.1, 0.15) is 26.5 Å². The van der Waals surface area contributed by atoms with E-state index in [-0.39, 0.29) is 41.6 Å². The lowest BCUT2D eigenvalue weighted by molar-refractivity contribution is -0.118. The van der Waals surface area contributed by atoms with E-state index in [0.717, 1.165) is 0 Å². The van der Waals surface area contributed by atoms with Crippen molar-refractivity contribution in [2.24, 2.45) is 11.7 Å². The van der Waals surface area contributed by atoms with E-state index in [1.165, 1.54) is 6.33 Å². The van der Waals surface area contributed by atoms with Crippen LogP contribution < -0.4 is 16.6 Å². The molecule has 1 amide bonds. The molecular formula is C14H20N6O4. The number of carbonyl (C=O) groups excluding carboxylic acids is 1. The normalized spacial score (nSPS) is 24.0. The predicted octanol–water partition coefficient (Wildman–Crippen LogP) is -0.679. The lowest BCUT2D eigenvalue weighted by atomic mass is 10.1. The molecule has 3 atom stereocenters. The Bertz CT molecular complexity index is 813. The fourth-order valence-electron chi connectivity index (χ4n) is 2.56. The summed E-state index contributed by atoms with van der Waals surface area (Å²) in [7, 11) is 0. The van der Waals surface area contributed by atoms with E-state index < -0.39 is 17.9 Å². The fraction of sp³-hybridized carbons (Fsp3) is 0.571. The van der Waals surface area contributed by atoms with Gasteiger partial charge in [0.25, 0.3) is 5.56 Å². The number of rotatable bonds is 4. The smallest absolute Gasteiger partial charge is 0.280 e. The average molecular weight is 336 g/mol. The summed E-state index contributed by atoms with van der Waals surface area (Å²) >= 11 is 0. The second-order valence-electron chi connectivity index (χ2n) is 6.09. The van der Waals surface area contributed by atoms with E-state index in [2.05, 4.69) is 20.3 Å². The van der Waals surface area contributed by atoms with Crippen LogP contribution in [0.5, 0.6) is 0 Å². The molecule has 0 aromatic carbocycles. The zero-order valence-corrected chi connectivity index (χ0v) is 13.4. The highest BCUT2D eigenvalue weighted by Gasteiger charge is 2.34. The first-order chi connectivity index (χ1) is 11.4. The minimum atomic E-state index is -0.481. The minimum Gasteiger partial charge on any atom is -0.394 e. The fourth-order valence-corrected chi connectivity index (χ4v) is 2.56. The molecule has 0 bridgehead atoms. The highest BCUT2D eigenvalue weighted by atomic mass is 16.5. The molecule has 10 nitrogen and oxygen atoms in total. The molecular weight excluding hydrogens is 316 g/mol. The van der Waals surface area contributed by atoms with Gasteiger partial charge in [0.05, 0.1) is 19.0 Å². The first kappa shape index (κ1) is 16.6. The van der Waals surface area contributed by atoms with Crippen molar-refractivity contribution in [1.29, 1.82) is 0 Å². The Kier molecular flexibility index (Phi) is 4.35. The molecule has 130 valence electrons. The van der Waals surface area contributed by atoms with Gasteiger partial charge in [-0.2, -0.15) is 4.98 Å². The van der Waals surface area contributed by atoms with E-state index in [9.17, 15) is 14.7 Å². The molecule has 1 fully saturated rings. The SMILES string of the molecule is CC(C)C(=O)Nc1nc2c(ncn2C2C[C@H](N)[C@@H](CO)O2)c(=O)[nH]1. The molecule has 3 heterocycles. The second kappa shape index (κ2) is 6.30. The van der Waals surface area contributed by atoms with Crippen LogP contribution in [0.2, 0.25) is 0 Å². The van der Waals surface area contributed by atoms with Gasteiger partial charge >= 0.3 is 0 Å². The summed E-state index contributed by atoms with van der Waals surface area (Å²) in [4.78, 5) is 34.7. The van der Waals surface area contributed by atoms with E-state index in [0.29, 0.717) is 6.42 Å². The van der Waals surface area contributed by atoms with Gasteiger partial charge in [-0.15, -0.1) is 0 Å². The Balaban J connectivity index is 1.97. The van der Waals surface area contributed by atoms with Gasteiger partial charge in [-0.3, -0.25) is 24.5 Å². The summed E-state index contributed by atoms with van der Waals surface area (Å²) in [6.45, 7) is 3.28. The Morgan fingerprint density at radius 1 is 1.62 bits per heavy atom. The maximum absolute atomic E-state index is 12.1. The van der Waals surface area contributed by atoms with Crippen molar-refractivity contribution in [1.82, 2.24) is 19.5 Å². The van der Waals surface area contributed by atoms with E-state index in [1.807, 2.05) is 0 Å². The number of imidazole rings is 1. The van der Waals surface area contributed by atoms with Gasteiger partial charge in [0.1, 0.15) is 6.23 Å². The number of hydrogen-bond donors (Lipinski definition) is 4. The molecule has 3 rings (SSSR count). The quantitative estimate of drug-likeness (QED) is 0.578. The zero-order valence-electron chi connectivity index (χ0n) is 13.4. The third-order valence-corrected chi connectivity index (χ3v) is 3.97. The van der Waals surface area contributed by atoms with Crippen molar-refractivity contribution in [3.63, 3.8) is 0 Å². The van der Waals surface area contributed by atoms with Crippen molar-refractivity contribution in [2.45, 2.75) is 38.6 Å². The molecule has 0 saturated carbocycles. The summed E-state index contributed by atoms with van der Waals surface area (Å²) in [6.07, 6.45) is 0.941. The predicted molar refractivity (Wildman–Crippen MR) is 85.2 cm³/mol. The number of amides is 1. The van der Waals surface area contributed by atoms with Crippen LogP contribution in [0, 0.1) is 5.92 Å². The maximum atomic E-state index is 12.1. The lowest BCUT2D eigenvalue weighted by Gasteiger charge is -2.14. The second-order valence-corrected chi connectivity index (χ2v) is 6.09. The Morgan fingerprint density at radius 2 is 2.38 bits per heavy atom. The molecule has 0 radical (unpaired) electrons. The number of H-pyrrole nitrogens is 1. The molecule has 0 aliphatic carbocycles. The van der Waals surface area contributed by atoms with Crippen LogP contribution >= 0.6 is 0 Å². The first-order valence-electron chi connectivity index (χ1n) is 7.70. The van der Waals surface area contributed by atoms with Gasteiger partial charge in [0, 0.05) is 18.4 Å². The zero-order chi connectivity index (χ0) is 17.4. The standard InChI is InChI=1S/C14H20N6O4/c1-6(2)12(22)18-14-17-11-10(13(23)19-14)16-5-20(11)9-3-7(15)8(4-21)24-9/h5-9,21H,3-4,15H2,1-2H3,(H2,17,18,19,22,23)/t7-,8+,9?/m0/s1. The molecule has 2 aromatic heterocycles. The van der Waals surface area contributed by atoms with Gasteiger partial charge in [0.2, 0.25) is 11.9 Å². The number of carbonyl (C=O) groups is 1. The molecule has 0 spiro atoms. The first-order valence-corrected chi connectivity index (χ1v) is 7.70. The van der Waals surface area contributed by atoms with Crippen LogP contribution in [0.4, 0.5) is 5.95 Å². The van der Waals surface area contributed by atoms with Crippen molar-refractivity contribution in [3.8, 4) is 0 Å². The minimum absolute atomic E-state index is 0.0500. The van der Waals surface area contributed by atoms with Crippen molar-refractivity contribution in [3.05, 3.63) is 16.7 Å². The lowest BCUT2D eigenvalue weighted by Crippen LogP contribution is -2.32. The number of nitrogens with one attached hydrogen (secondary N) is 2. The Morgan fingerprint density at radius 3 is 3.00 bits per heavy atom. The molecule has 2 aromatic rings. The number of hydrogen-bond acceptors (Lipinski definition) is 7. The van der Waals surface area contributed by atoms with Crippen LogP contribution in [-0.4, -0.2) is 49.3 Å². The summed E-state index contributed by atoms with van der Waals surface area (Å²) < 4.78 is 7.27. The van der Waals surface area contributed by atoms with Gasteiger partial charge in [0.15, 0.2) is 11.2 Å². The van der Waals surface area contributed by atoms with Gasteiger partial charge in [-0.25, -0.2) is 4.98 Å². The maximum Gasteiger partial charge on any atom is 0.280 e. The van der Waals surface area contributed by atoms with E-state index in [1.54, 1.807) is 18.4 Å². The van der Waals surface area contributed by atoms with Crippen molar-refractivity contribution < 1.29 is 14.6 Å². The van der Waals surface area contributed by atoms with Gasteiger partial charge in [-0.1, -0.05) is 13.8 Å². The number of nitrogens with two attached hydrogens (primary N) is 1. The number of aromatic nitrogens is 4. The summed E-state index contributed by atoms with van der Waals surface area (Å²) in [5.41, 5.74) is 5.89. The molecule has 5 N–H and O–H groups in total. The number of aromatic amines is 1. The summed E-state index contributed by atoms with van der Waals surface area (Å²) in [6, 6.07) is -0.320. The van der Waals surface area contributed by atoms with Crippen molar-refractivity contribution >= 4 is 23.0 Å². The van der Waals surface area contributed by atoms with Gasteiger partial charge < -0.3 is 15.6 Å². The number of fused-ring (bicyclic) bond motifs is 1. The van der Waals surface area contributed by atoms with Crippen LogP contribution in [0.25, 0.3) is 11.2 Å². The number of aliphatic hydroxyl groups excluding tert-OH is 1. The highest BCUT2D eigenvalue weighted by molar-refractivity contribution is 5.91. The van der Waals surface area contributed by atoms with Crippen LogP contribution in [0.15, 0.2) is 11.1 Å². The third kappa shape index (κ3) is 2.90. The summed E-state index contributed by atoms with van der Waals surface area (Å²) in [5, 5.41) is 11.8. The Labute approximate surface area is 137 Å². The molecule has 1 aliphatic heterocycles. The topological polar surface area (TPSA) is 148 Å². The third-order valence-electron chi connectivity index (χ3n) is 3.97. The van der Waals surface area contributed by atoms with Crippen LogP contribution in [0.3, 0.4) is 0 Å². The molecule has 1 unspecified atom stereocenters. The van der Waals surface area contributed by atoms with Crippen LogP contribution in [-0.2, 0) is 9.53 Å². The number of aliphatic hydroxyl groups is 1. The molecule has 24 heavy (non-hydrogen) atoms. The Hall–Kier alpha value is -2.30. The molecule has 1 saturated heterocycles. The van der Waals surface area contributed by atoms with E-state index >= 15 is 0 Å². The monoisotopic (exact) mass is 336 g/mol.